The minimum atomic E-state index is 0.413. The Morgan fingerprint density at radius 2 is 2.00 bits per heavy atom. The maximum absolute atomic E-state index is 5.53. The van der Waals surface area contributed by atoms with Gasteiger partial charge in [0.05, 0.1) is 5.21 Å². The van der Waals surface area contributed by atoms with E-state index < -0.39 is 0 Å². The molecular weight excluding hydrogens is 220 g/mol. The van der Waals surface area contributed by atoms with Crippen LogP contribution < -0.4 is 0 Å². The van der Waals surface area contributed by atoms with Crippen LogP contribution >= 0.6 is 23.4 Å². The van der Waals surface area contributed by atoms with Crippen molar-refractivity contribution >= 4 is 23.4 Å². The van der Waals surface area contributed by atoms with E-state index in [0.29, 0.717) is 16.3 Å². The Hall–Kier alpha value is -1.00. The summed E-state index contributed by atoms with van der Waals surface area (Å²) in [5, 5.41) is 8.67. The third-order valence-corrected chi connectivity index (χ3v) is 2.45. The Kier molecular flexibility index (Phi) is 3.06. The second-order valence-corrected chi connectivity index (χ2v) is 4.00. The molecule has 5 heteroatoms. The Labute approximate surface area is 90.5 Å². The third-order valence-electron chi connectivity index (χ3n) is 1.61. The minimum absolute atomic E-state index is 0.413. The lowest BCUT2D eigenvalue weighted by Crippen LogP contribution is -1.75. The summed E-state index contributed by atoms with van der Waals surface area (Å²) in [6.07, 6.45) is 0. The predicted molar refractivity (Wildman–Crippen MR) is 56.3 cm³/mol. The molecule has 0 atom stereocenters. The minimum Gasteiger partial charge on any atom is -0.411 e. The molecule has 0 aliphatic rings. The van der Waals surface area contributed by atoms with Crippen molar-refractivity contribution in [1.82, 2.24) is 10.2 Å². The van der Waals surface area contributed by atoms with Crippen molar-refractivity contribution in [2.24, 2.45) is 0 Å². The van der Waals surface area contributed by atoms with Crippen molar-refractivity contribution in [2.45, 2.75) is 5.22 Å². The van der Waals surface area contributed by atoms with Gasteiger partial charge in [-0.3, -0.25) is 0 Å². The van der Waals surface area contributed by atoms with E-state index in [2.05, 4.69) is 10.2 Å². The summed E-state index contributed by atoms with van der Waals surface area (Å²) >= 11 is 6.84. The van der Waals surface area contributed by atoms with E-state index in [-0.39, 0.29) is 0 Å². The molecule has 0 radical (unpaired) electrons. The van der Waals surface area contributed by atoms with E-state index in [1.807, 2.05) is 30.3 Å². The second-order valence-electron chi connectivity index (χ2n) is 2.49. The Morgan fingerprint density at radius 3 is 2.71 bits per heavy atom. The lowest BCUT2D eigenvalue weighted by atomic mass is 10.2. The molecule has 0 unspecified atom stereocenters. The first-order valence-electron chi connectivity index (χ1n) is 3.98. The van der Waals surface area contributed by atoms with Crippen LogP contribution in [-0.2, 0) is 0 Å². The fraction of sp³-hybridized carbons (Fsp3) is 0.111. The molecule has 0 aliphatic carbocycles. The average Bonchev–Trinajstić information content (AvgIpc) is 2.68. The van der Waals surface area contributed by atoms with Crippen molar-refractivity contribution in [3.05, 3.63) is 30.3 Å². The number of hydrogen-bond donors (Lipinski definition) is 0. The van der Waals surface area contributed by atoms with E-state index >= 15 is 0 Å². The number of thioether (sulfide) groups is 1. The molecule has 0 aliphatic heterocycles. The van der Waals surface area contributed by atoms with Gasteiger partial charge in [0.15, 0.2) is 0 Å². The molecular formula is C9H7ClN2OS. The zero-order valence-electron chi connectivity index (χ0n) is 7.18. The van der Waals surface area contributed by atoms with Crippen LogP contribution in [0, 0.1) is 0 Å². The molecule has 1 aromatic carbocycles. The van der Waals surface area contributed by atoms with E-state index in [1.54, 1.807) is 0 Å². The average molecular weight is 227 g/mol. The summed E-state index contributed by atoms with van der Waals surface area (Å²) in [7, 11) is 0. The van der Waals surface area contributed by atoms with Crippen molar-refractivity contribution in [3.8, 4) is 11.5 Å². The molecule has 72 valence electrons. The van der Waals surface area contributed by atoms with Crippen LogP contribution in [0.3, 0.4) is 0 Å². The third kappa shape index (κ3) is 2.08. The van der Waals surface area contributed by atoms with Crippen molar-refractivity contribution in [2.75, 3.05) is 5.21 Å². The number of aromatic nitrogens is 2. The van der Waals surface area contributed by atoms with E-state index in [0.717, 1.165) is 5.56 Å². The molecule has 1 aromatic heterocycles. The molecule has 0 saturated carbocycles. The zero-order chi connectivity index (χ0) is 9.80. The highest BCUT2D eigenvalue weighted by Gasteiger charge is 2.07. The van der Waals surface area contributed by atoms with Crippen LogP contribution in [0.5, 0.6) is 0 Å². The van der Waals surface area contributed by atoms with Gasteiger partial charge in [-0.1, -0.05) is 18.2 Å². The maximum Gasteiger partial charge on any atom is 0.278 e. The lowest BCUT2D eigenvalue weighted by Gasteiger charge is -1.91. The number of halogens is 1. The second kappa shape index (κ2) is 4.48. The topological polar surface area (TPSA) is 38.9 Å². The van der Waals surface area contributed by atoms with Gasteiger partial charge in [-0.2, -0.15) is 0 Å². The predicted octanol–water partition coefficient (Wildman–Crippen LogP) is 3.03. The van der Waals surface area contributed by atoms with Gasteiger partial charge < -0.3 is 4.42 Å². The summed E-state index contributed by atoms with van der Waals surface area (Å²) in [4.78, 5) is 0. The first-order valence-corrected chi connectivity index (χ1v) is 5.50. The van der Waals surface area contributed by atoms with Gasteiger partial charge >= 0.3 is 0 Å². The van der Waals surface area contributed by atoms with Gasteiger partial charge in [-0.15, -0.1) is 21.8 Å². The van der Waals surface area contributed by atoms with Crippen molar-refractivity contribution < 1.29 is 4.42 Å². The number of nitrogens with zero attached hydrogens (tertiary/aromatic N) is 2. The Morgan fingerprint density at radius 1 is 1.21 bits per heavy atom. The highest BCUT2D eigenvalue weighted by molar-refractivity contribution is 8.00. The van der Waals surface area contributed by atoms with Gasteiger partial charge in [-0.25, -0.2) is 0 Å². The van der Waals surface area contributed by atoms with Crippen molar-refractivity contribution in [1.29, 1.82) is 0 Å². The van der Waals surface area contributed by atoms with Crippen LogP contribution in [0.25, 0.3) is 11.5 Å². The SMILES string of the molecule is ClCSc1nnc(-c2ccccc2)o1. The monoisotopic (exact) mass is 226 g/mol. The summed E-state index contributed by atoms with van der Waals surface area (Å²) in [5.41, 5.74) is 0.918. The van der Waals surface area contributed by atoms with E-state index in [4.69, 9.17) is 16.0 Å². The quantitative estimate of drug-likeness (QED) is 0.596. The number of benzene rings is 1. The molecule has 1 heterocycles. The Balaban J connectivity index is 2.25. The maximum atomic E-state index is 5.53. The van der Waals surface area contributed by atoms with Gasteiger partial charge in [0.25, 0.3) is 5.22 Å². The fourth-order valence-corrected chi connectivity index (χ4v) is 1.62. The molecule has 14 heavy (non-hydrogen) atoms. The van der Waals surface area contributed by atoms with Gasteiger partial charge in [0, 0.05) is 5.56 Å². The molecule has 0 spiro atoms. The molecule has 0 N–H and O–H groups in total. The Bertz CT molecular complexity index is 404. The lowest BCUT2D eigenvalue weighted by molar-refractivity contribution is 0.466. The van der Waals surface area contributed by atoms with Crippen LogP contribution in [0.15, 0.2) is 40.0 Å². The van der Waals surface area contributed by atoms with E-state index in [1.165, 1.54) is 11.8 Å². The summed E-state index contributed by atoms with van der Waals surface area (Å²) < 4.78 is 5.37. The summed E-state index contributed by atoms with van der Waals surface area (Å²) in [6, 6.07) is 9.63. The number of hydrogen-bond acceptors (Lipinski definition) is 4. The standard InChI is InChI=1S/C9H7ClN2OS/c10-6-14-9-12-11-8(13-9)7-4-2-1-3-5-7/h1-5H,6H2. The van der Waals surface area contributed by atoms with Crippen LogP contribution in [0.4, 0.5) is 0 Å². The van der Waals surface area contributed by atoms with E-state index in [9.17, 15) is 0 Å². The largest absolute Gasteiger partial charge is 0.411 e. The van der Waals surface area contributed by atoms with Gasteiger partial charge in [-0.05, 0) is 23.9 Å². The highest BCUT2D eigenvalue weighted by Crippen LogP contribution is 2.22. The highest BCUT2D eigenvalue weighted by atomic mass is 35.5. The van der Waals surface area contributed by atoms with Crippen LogP contribution in [0.2, 0.25) is 0 Å². The molecule has 3 nitrogen and oxygen atoms in total. The smallest absolute Gasteiger partial charge is 0.278 e. The molecule has 0 bridgehead atoms. The summed E-state index contributed by atoms with van der Waals surface area (Å²) in [5.74, 6) is 0.526. The first kappa shape index (κ1) is 9.55. The van der Waals surface area contributed by atoms with Crippen LogP contribution in [-0.4, -0.2) is 15.4 Å². The number of rotatable bonds is 3. The van der Waals surface area contributed by atoms with Gasteiger partial charge in [0.2, 0.25) is 5.89 Å². The fourth-order valence-electron chi connectivity index (χ4n) is 1.01. The zero-order valence-corrected chi connectivity index (χ0v) is 8.76. The summed E-state index contributed by atoms with van der Waals surface area (Å²) in [6.45, 7) is 0. The molecule has 2 aromatic rings. The normalized spacial score (nSPS) is 10.4. The molecule has 0 fully saturated rings. The van der Waals surface area contributed by atoms with Crippen LogP contribution in [0.1, 0.15) is 0 Å². The first-order chi connectivity index (χ1) is 6.90. The molecule has 2 rings (SSSR count). The number of alkyl halides is 1. The van der Waals surface area contributed by atoms with Crippen molar-refractivity contribution in [3.63, 3.8) is 0 Å². The molecule has 0 saturated heterocycles. The molecule has 0 amide bonds. The van der Waals surface area contributed by atoms with Gasteiger partial charge in [0.1, 0.15) is 0 Å².